The molecule has 4 heteroatoms. The first-order chi connectivity index (χ1) is 9.95. The third-order valence-electron chi connectivity index (χ3n) is 3.41. The Balaban J connectivity index is 2.70. The third kappa shape index (κ3) is 5.76. The molecule has 0 bridgehead atoms. The van der Waals surface area contributed by atoms with Crippen molar-refractivity contribution >= 4 is 5.91 Å². The number of aryl methyl sites for hydroxylation is 1. The molecule has 0 aliphatic rings. The highest BCUT2D eigenvalue weighted by Gasteiger charge is 2.12. The monoisotopic (exact) mass is 292 g/mol. The molecule has 0 saturated heterocycles. The van der Waals surface area contributed by atoms with E-state index in [-0.39, 0.29) is 11.9 Å². The van der Waals surface area contributed by atoms with Crippen molar-refractivity contribution < 1.29 is 9.53 Å². The van der Waals surface area contributed by atoms with Gasteiger partial charge in [-0.05, 0) is 38.4 Å². The molecule has 0 fully saturated rings. The van der Waals surface area contributed by atoms with Crippen LogP contribution in [0.1, 0.15) is 43.9 Å². The van der Waals surface area contributed by atoms with Crippen LogP contribution in [0.15, 0.2) is 18.2 Å². The quantitative estimate of drug-likeness (QED) is 0.801. The summed E-state index contributed by atoms with van der Waals surface area (Å²) in [5.41, 5.74) is 2.31. The Morgan fingerprint density at radius 1 is 1.38 bits per heavy atom. The summed E-state index contributed by atoms with van der Waals surface area (Å²) in [5, 5.41) is 3.47. The number of amides is 1. The summed E-state index contributed by atoms with van der Waals surface area (Å²) < 4.78 is 5.85. The molecule has 4 nitrogen and oxygen atoms in total. The van der Waals surface area contributed by atoms with Crippen LogP contribution in [0.4, 0.5) is 0 Å². The van der Waals surface area contributed by atoms with Crippen molar-refractivity contribution in [2.24, 2.45) is 0 Å². The molecule has 1 N–H and O–H groups in total. The van der Waals surface area contributed by atoms with Gasteiger partial charge < -0.3 is 15.0 Å². The fraction of sp³-hybridized carbons (Fsp3) is 0.588. The predicted octanol–water partition coefficient (Wildman–Crippen LogP) is 2.91. The maximum Gasteiger partial charge on any atom is 0.225 e. The fourth-order valence-corrected chi connectivity index (χ4v) is 2.07. The second-order valence-electron chi connectivity index (χ2n) is 5.60. The van der Waals surface area contributed by atoms with Gasteiger partial charge in [0.15, 0.2) is 0 Å². The van der Waals surface area contributed by atoms with E-state index in [2.05, 4.69) is 31.3 Å². The van der Waals surface area contributed by atoms with Crippen molar-refractivity contribution in [2.45, 2.75) is 39.7 Å². The van der Waals surface area contributed by atoms with Crippen LogP contribution in [0.3, 0.4) is 0 Å². The smallest absolute Gasteiger partial charge is 0.225 e. The zero-order valence-corrected chi connectivity index (χ0v) is 13.9. The van der Waals surface area contributed by atoms with Gasteiger partial charge in [0, 0.05) is 25.7 Å². The second-order valence-corrected chi connectivity index (χ2v) is 5.60. The molecule has 0 radical (unpaired) electrons. The van der Waals surface area contributed by atoms with E-state index in [1.54, 1.807) is 19.0 Å². The van der Waals surface area contributed by atoms with Crippen LogP contribution in [-0.4, -0.2) is 38.1 Å². The number of nitrogens with zero attached hydrogens (tertiary/aromatic N) is 1. The Morgan fingerprint density at radius 2 is 2.10 bits per heavy atom. The van der Waals surface area contributed by atoms with Crippen LogP contribution < -0.4 is 10.1 Å². The Morgan fingerprint density at radius 3 is 2.71 bits per heavy atom. The van der Waals surface area contributed by atoms with Crippen LogP contribution in [0.25, 0.3) is 0 Å². The number of ether oxygens (including phenoxy) is 1. The molecule has 0 spiro atoms. The van der Waals surface area contributed by atoms with E-state index in [0.29, 0.717) is 13.0 Å². The SMILES string of the molecule is CCCNC(C)c1ccc(C)cc1OCCC(=O)N(C)C. The van der Waals surface area contributed by atoms with E-state index in [9.17, 15) is 4.79 Å². The molecule has 1 unspecified atom stereocenters. The van der Waals surface area contributed by atoms with Crippen molar-refractivity contribution in [1.29, 1.82) is 0 Å². The summed E-state index contributed by atoms with van der Waals surface area (Å²) >= 11 is 0. The van der Waals surface area contributed by atoms with Gasteiger partial charge in [0.2, 0.25) is 5.91 Å². The minimum absolute atomic E-state index is 0.0846. The summed E-state index contributed by atoms with van der Waals surface area (Å²) in [6.07, 6.45) is 1.50. The molecular formula is C17H28N2O2. The first-order valence-electron chi connectivity index (χ1n) is 7.62. The van der Waals surface area contributed by atoms with Crippen LogP contribution >= 0.6 is 0 Å². The maximum absolute atomic E-state index is 11.6. The summed E-state index contributed by atoms with van der Waals surface area (Å²) in [5.74, 6) is 0.957. The highest BCUT2D eigenvalue weighted by molar-refractivity contribution is 5.75. The second kappa shape index (κ2) is 8.67. The molecule has 1 aromatic carbocycles. The number of benzene rings is 1. The Hall–Kier alpha value is -1.55. The van der Waals surface area contributed by atoms with Gasteiger partial charge in [-0.25, -0.2) is 0 Å². The third-order valence-corrected chi connectivity index (χ3v) is 3.41. The predicted molar refractivity (Wildman–Crippen MR) is 86.7 cm³/mol. The standard InChI is InChI=1S/C17H28N2O2/c1-6-10-18-14(3)15-8-7-13(2)12-16(15)21-11-9-17(20)19(4)5/h7-8,12,14,18H,6,9-11H2,1-5H3. The van der Waals surface area contributed by atoms with Crippen molar-refractivity contribution in [1.82, 2.24) is 10.2 Å². The zero-order valence-electron chi connectivity index (χ0n) is 13.9. The number of rotatable bonds is 8. The lowest BCUT2D eigenvalue weighted by atomic mass is 10.0. The highest BCUT2D eigenvalue weighted by Crippen LogP contribution is 2.26. The van der Waals surface area contributed by atoms with E-state index in [1.165, 1.54) is 0 Å². The number of hydrogen-bond donors (Lipinski definition) is 1. The van der Waals surface area contributed by atoms with Gasteiger partial charge >= 0.3 is 0 Å². The first-order valence-corrected chi connectivity index (χ1v) is 7.62. The average Bonchev–Trinajstić information content (AvgIpc) is 2.44. The largest absolute Gasteiger partial charge is 0.493 e. The molecule has 0 aromatic heterocycles. The summed E-state index contributed by atoms with van der Waals surface area (Å²) in [6.45, 7) is 7.73. The maximum atomic E-state index is 11.6. The Labute approximate surface area is 128 Å². The van der Waals surface area contributed by atoms with E-state index in [4.69, 9.17) is 4.74 Å². The van der Waals surface area contributed by atoms with Gasteiger partial charge in [-0.15, -0.1) is 0 Å². The molecule has 1 rings (SSSR count). The number of carbonyl (C=O) groups is 1. The lowest BCUT2D eigenvalue weighted by Gasteiger charge is -2.19. The summed E-state index contributed by atoms with van der Waals surface area (Å²) in [7, 11) is 3.52. The molecule has 0 aliphatic heterocycles. The van der Waals surface area contributed by atoms with Gasteiger partial charge in [0.1, 0.15) is 5.75 Å². The molecule has 0 heterocycles. The topological polar surface area (TPSA) is 41.6 Å². The van der Waals surface area contributed by atoms with E-state index >= 15 is 0 Å². The lowest BCUT2D eigenvalue weighted by molar-refractivity contribution is -0.129. The normalized spacial score (nSPS) is 12.0. The molecule has 0 saturated carbocycles. The van der Waals surface area contributed by atoms with E-state index in [1.807, 2.05) is 13.0 Å². The van der Waals surface area contributed by atoms with Gasteiger partial charge in [-0.1, -0.05) is 19.1 Å². The Bertz CT molecular complexity index is 458. The minimum Gasteiger partial charge on any atom is -0.493 e. The van der Waals surface area contributed by atoms with Gasteiger partial charge in [0.25, 0.3) is 0 Å². The highest BCUT2D eigenvalue weighted by atomic mass is 16.5. The van der Waals surface area contributed by atoms with Gasteiger partial charge in [-0.3, -0.25) is 4.79 Å². The van der Waals surface area contributed by atoms with Crippen molar-refractivity contribution in [3.63, 3.8) is 0 Å². The van der Waals surface area contributed by atoms with E-state index in [0.717, 1.165) is 29.8 Å². The average molecular weight is 292 g/mol. The van der Waals surface area contributed by atoms with Crippen molar-refractivity contribution in [3.05, 3.63) is 29.3 Å². The van der Waals surface area contributed by atoms with Crippen LogP contribution in [0, 0.1) is 6.92 Å². The van der Waals surface area contributed by atoms with Gasteiger partial charge in [-0.2, -0.15) is 0 Å². The number of nitrogens with one attached hydrogen (secondary N) is 1. The van der Waals surface area contributed by atoms with Crippen LogP contribution in [0.2, 0.25) is 0 Å². The van der Waals surface area contributed by atoms with Crippen molar-refractivity contribution in [2.75, 3.05) is 27.2 Å². The summed E-state index contributed by atoms with van der Waals surface area (Å²) in [4.78, 5) is 13.2. The molecule has 118 valence electrons. The fourth-order valence-electron chi connectivity index (χ4n) is 2.07. The van der Waals surface area contributed by atoms with Crippen LogP contribution in [-0.2, 0) is 4.79 Å². The Kier molecular flexibility index (Phi) is 7.23. The molecule has 1 atom stereocenters. The first kappa shape index (κ1) is 17.5. The zero-order chi connectivity index (χ0) is 15.8. The van der Waals surface area contributed by atoms with Crippen molar-refractivity contribution in [3.8, 4) is 5.75 Å². The molecule has 1 amide bonds. The molecule has 21 heavy (non-hydrogen) atoms. The molecular weight excluding hydrogens is 264 g/mol. The number of hydrogen-bond acceptors (Lipinski definition) is 3. The molecule has 1 aromatic rings. The van der Waals surface area contributed by atoms with Crippen LogP contribution in [0.5, 0.6) is 5.75 Å². The lowest BCUT2D eigenvalue weighted by Crippen LogP contribution is -2.24. The number of carbonyl (C=O) groups excluding carboxylic acids is 1. The summed E-state index contributed by atoms with van der Waals surface area (Å²) in [6, 6.07) is 6.48. The minimum atomic E-state index is 0.0846. The van der Waals surface area contributed by atoms with Gasteiger partial charge in [0.05, 0.1) is 13.0 Å². The molecule has 0 aliphatic carbocycles. The van der Waals surface area contributed by atoms with E-state index < -0.39 is 0 Å².